The lowest BCUT2D eigenvalue weighted by Crippen LogP contribution is -2.29. The first kappa shape index (κ1) is 9.04. The zero-order valence-electron chi connectivity index (χ0n) is 7.04. The molecule has 0 radical (unpaired) electrons. The van der Waals surface area contributed by atoms with Gasteiger partial charge >= 0.3 is 0 Å². The monoisotopic (exact) mass is 316 g/mol. The first-order valence-electron chi connectivity index (χ1n) is 4.40. The lowest BCUT2D eigenvalue weighted by atomic mass is 9.85. The second-order valence-corrected chi connectivity index (χ2v) is 6.11. The lowest BCUT2D eigenvalue weighted by Gasteiger charge is -2.22. The van der Waals surface area contributed by atoms with Gasteiger partial charge in [-0.1, -0.05) is 34.2 Å². The van der Waals surface area contributed by atoms with E-state index in [0.29, 0.717) is 4.48 Å². The van der Waals surface area contributed by atoms with Crippen molar-refractivity contribution in [2.45, 2.75) is 4.32 Å². The SMILES string of the molecule is O=C1C(Br)=C[C@H]2[C@@H]1[C@H]1C=C[C@]2(Br)C1=O. The summed E-state index contributed by atoms with van der Waals surface area (Å²) < 4.78 is 0.0191. The van der Waals surface area contributed by atoms with Crippen molar-refractivity contribution >= 4 is 43.4 Å². The standard InChI is InChI=1S/C10H6Br2O2/c11-6-3-5-7(8(6)13)4-1-2-10(5,12)9(4)14/h1-5,7H/t4-,5+,7+,10-/m1/s1. The maximum absolute atomic E-state index is 11.8. The third-order valence-corrected chi connectivity index (χ3v) is 5.19. The van der Waals surface area contributed by atoms with Crippen LogP contribution in [-0.4, -0.2) is 15.9 Å². The molecule has 3 aliphatic carbocycles. The van der Waals surface area contributed by atoms with E-state index in [1.54, 1.807) is 0 Å². The molecule has 0 aromatic carbocycles. The van der Waals surface area contributed by atoms with Gasteiger partial charge in [0.25, 0.3) is 0 Å². The van der Waals surface area contributed by atoms with E-state index in [9.17, 15) is 9.59 Å². The van der Waals surface area contributed by atoms with E-state index in [2.05, 4.69) is 31.9 Å². The quantitative estimate of drug-likeness (QED) is 0.506. The summed E-state index contributed by atoms with van der Waals surface area (Å²) in [4.78, 5) is 23.6. The highest BCUT2D eigenvalue weighted by Gasteiger charge is 2.63. The van der Waals surface area contributed by atoms with Gasteiger partial charge < -0.3 is 0 Å². The van der Waals surface area contributed by atoms with E-state index in [-0.39, 0.29) is 29.3 Å². The van der Waals surface area contributed by atoms with Crippen molar-refractivity contribution in [1.82, 2.24) is 0 Å². The van der Waals surface area contributed by atoms with E-state index in [4.69, 9.17) is 0 Å². The summed E-state index contributed by atoms with van der Waals surface area (Å²) in [6, 6.07) is 0. The Hall–Kier alpha value is -0.220. The Balaban J connectivity index is 2.18. The first-order chi connectivity index (χ1) is 6.55. The Morgan fingerprint density at radius 3 is 2.71 bits per heavy atom. The molecule has 4 atom stereocenters. The zero-order chi connectivity index (χ0) is 10.1. The predicted molar refractivity (Wildman–Crippen MR) is 58.3 cm³/mol. The van der Waals surface area contributed by atoms with Crippen LogP contribution in [0.4, 0.5) is 0 Å². The van der Waals surface area contributed by atoms with Gasteiger partial charge in [-0.3, -0.25) is 9.59 Å². The van der Waals surface area contributed by atoms with Crippen LogP contribution in [0.2, 0.25) is 0 Å². The fourth-order valence-electron chi connectivity index (χ4n) is 2.66. The maximum Gasteiger partial charge on any atom is 0.174 e. The van der Waals surface area contributed by atoms with E-state index in [1.807, 2.05) is 18.2 Å². The number of rotatable bonds is 0. The second kappa shape index (κ2) is 2.47. The largest absolute Gasteiger partial charge is 0.297 e. The predicted octanol–water partition coefficient (Wildman–Crippen LogP) is 1.98. The van der Waals surface area contributed by atoms with Gasteiger partial charge in [-0.2, -0.15) is 0 Å². The van der Waals surface area contributed by atoms with Crippen LogP contribution in [0, 0.1) is 17.8 Å². The second-order valence-electron chi connectivity index (χ2n) is 3.95. The molecule has 2 nitrogen and oxygen atoms in total. The average Bonchev–Trinajstić information content (AvgIpc) is 2.65. The van der Waals surface area contributed by atoms with Gasteiger partial charge in [-0.05, 0) is 15.9 Å². The van der Waals surface area contributed by atoms with Crippen LogP contribution in [-0.2, 0) is 9.59 Å². The summed E-state index contributed by atoms with van der Waals surface area (Å²) in [7, 11) is 0. The number of fused-ring (bicyclic) bond motifs is 5. The Kier molecular flexibility index (Phi) is 1.60. The molecule has 72 valence electrons. The topological polar surface area (TPSA) is 34.1 Å². The minimum atomic E-state index is -0.604. The zero-order valence-corrected chi connectivity index (χ0v) is 10.2. The Bertz CT molecular complexity index is 424. The van der Waals surface area contributed by atoms with Crippen molar-refractivity contribution in [3.8, 4) is 0 Å². The number of Topliss-reactive ketones (excluding diaryl/α,β-unsaturated/α-hetero) is 2. The highest BCUT2D eigenvalue weighted by Crippen LogP contribution is 2.57. The van der Waals surface area contributed by atoms with Gasteiger partial charge in [0, 0.05) is 17.8 Å². The van der Waals surface area contributed by atoms with Crippen LogP contribution in [0.25, 0.3) is 0 Å². The fraction of sp³-hybridized carbons (Fsp3) is 0.400. The van der Waals surface area contributed by atoms with Crippen LogP contribution in [0.15, 0.2) is 22.7 Å². The molecule has 0 amide bonds. The summed E-state index contributed by atoms with van der Waals surface area (Å²) in [6.07, 6.45) is 5.61. The smallest absolute Gasteiger partial charge is 0.174 e. The minimum Gasteiger partial charge on any atom is -0.297 e. The third-order valence-electron chi connectivity index (χ3n) is 3.35. The molecule has 0 N–H and O–H groups in total. The molecule has 0 saturated heterocycles. The highest BCUT2D eigenvalue weighted by molar-refractivity contribution is 9.12. The molecule has 0 unspecified atom stereocenters. The number of halogens is 2. The molecule has 0 aromatic rings. The third kappa shape index (κ3) is 0.784. The lowest BCUT2D eigenvalue weighted by molar-refractivity contribution is -0.124. The molecule has 0 aliphatic heterocycles. The van der Waals surface area contributed by atoms with E-state index in [0.717, 1.165) is 0 Å². The van der Waals surface area contributed by atoms with E-state index >= 15 is 0 Å². The summed E-state index contributed by atoms with van der Waals surface area (Å²) in [6.45, 7) is 0. The van der Waals surface area contributed by atoms with Crippen molar-refractivity contribution in [3.05, 3.63) is 22.7 Å². The van der Waals surface area contributed by atoms with Crippen molar-refractivity contribution in [1.29, 1.82) is 0 Å². The summed E-state index contributed by atoms with van der Waals surface area (Å²) >= 11 is 6.70. The number of carbonyl (C=O) groups is 2. The summed E-state index contributed by atoms with van der Waals surface area (Å²) in [5.41, 5.74) is 0. The summed E-state index contributed by atoms with van der Waals surface area (Å²) in [5.74, 6) is -0.164. The number of hydrogen-bond donors (Lipinski definition) is 0. The molecule has 2 bridgehead atoms. The number of allylic oxidation sites excluding steroid dienone is 4. The van der Waals surface area contributed by atoms with Crippen LogP contribution in [0.3, 0.4) is 0 Å². The first-order valence-corrected chi connectivity index (χ1v) is 5.98. The van der Waals surface area contributed by atoms with Crippen molar-refractivity contribution in [3.63, 3.8) is 0 Å². The van der Waals surface area contributed by atoms with Crippen molar-refractivity contribution in [2.24, 2.45) is 17.8 Å². The minimum absolute atomic E-state index is 0.00637. The van der Waals surface area contributed by atoms with Crippen LogP contribution >= 0.6 is 31.9 Å². The Morgan fingerprint density at radius 1 is 1.36 bits per heavy atom. The Morgan fingerprint density at radius 2 is 2.07 bits per heavy atom. The molecule has 0 spiro atoms. The van der Waals surface area contributed by atoms with Crippen LogP contribution in [0.5, 0.6) is 0 Å². The normalized spacial score (nSPS) is 48.7. The maximum atomic E-state index is 11.8. The molecular weight excluding hydrogens is 312 g/mol. The van der Waals surface area contributed by atoms with Crippen LogP contribution in [0.1, 0.15) is 0 Å². The molecule has 1 fully saturated rings. The number of ketones is 2. The molecule has 1 saturated carbocycles. The highest BCUT2D eigenvalue weighted by atomic mass is 79.9. The fourth-order valence-corrected chi connectivity index (χ4v) is 4.04. The molecule has 0 heterocycles. The molecule has 3 rings (SSSR count). The van der Waals surface area contributed by atoms with Gasteiger partial charge in [0.1, 0.15) is 4.32 Å². The summed E-state index contributed by atoms with van der Waals surface area (Å²) in [5, 5.41) is 0. The molecular formula is C10H6Br2O2. The Labute approximate surface area is 97.7 Å². The van der Waals surface area contributed by atoms with Gasteiger partial charge in [-0.25, -0.2) is 0 Å². The van der Waals surface area contributed by atoms with Gasteiger partial charge in [0.2, 0.25) is 0 Å². The number of hydrogen-bond acceptors (Lipinski definition) is 2. The number of alkyl halides is 1. The van der Waals surface area contributed by atoms with Crippen LogP contribution < -0.4 is 0 Å². The van der Waals surface area contributed by atoms with Crippen molar-refractivity contribution < 1.29 is 9.59 Å². The van der Waals surface area contributed by atoms with Gasteiger partial charge in [-0.15, -0.1) is 0 Å². The molecule has 14 heavy (non-hydrogen) atoms. The van der Waals surface area contributed by atoms with E-state index in [1.165, 1.54) is 0 Å². The van der Waals surface area contributed by atoms with E-state index < -0.39 is 4.32 Å². The molecule has 3 aliphatic rings. The van der Waals surface area contributed by atoms with Crippen molar-refractivity contribution in [2.75, 3.05) is 0 Å². The molecule has 0 aromatic heterocycles. The van der Waals surface area contributed by atoms with Gasteiger partial charge in [0.05, 0.1) is 4.48 Å². The molecule has 4 heteroatoms. The number of carbonyl (C=O) groups excluding carboxylic acids is 2. The van der Waals surface area contributed by atoms with Gasteiger partial charge in [0.15, 0.2) is 11.6 Å². The average molecular weight is 318 g/mol.